The van der Waals surface area contributed by atoms with Crippen LogP contribution in [0.1, 0.15) is 16.7 Å². The number of anilines is 1. The summed E-state index contributed by atoms with van der Waals surface area (Å²) in [4.78, 5) is 19.1. The molecule has 3 aromatic carbocycles. The van der Waals surface area contributed by atoms with E-state index >= 15 is 0 Å². The van der Waals surface area contributed by atoms with Gasteiger partial charge in [0.25, 0.3) is 5.91 Å². The maximum atomic E-state index is 12.8. The Morgan fingerprint density at radius 3 is 2.40 bits per heavy atom. The molecule has 0 aromatic heterocycles. The molecule has 0 saturated carbocycles. The van der Waals surface area contributed by atoms with Gasteiger partial charge in [-0.15, -0.1) is 0 Å². The maximum Gasteiger partial charge on any atom is 0.252 e. The summed E-state index contributed by atoms with van der Waals surface area (Å²) in [6, 6.07) is 25.0. The molecule has 2 heterocycles. The minimum atomic E-state index is -3.13. The van der Waals surface area contributed by atoms with Crippen molar-refractivity contribution in [3.05, 3.63) is 95.6 Å². The van der Waals surface area contributed by atoms with Gasteiger partial charge in [-0.1, -0.05) is 71.9 Å². The third kappa shape index (κ3) is 5.60. The minimum absolute atomic E-state index is 0.0576. The largest absolute Gasteiger partial charge is 0.489 e. The van der Waals surface area contributed by atoms with Crippen molar-refractivity contribution >= 4 is 38.4 Å². The highest BCUT2D eigenvalue weighted by molar-refractivity contribution is 8.16. The van der Waals surface area contributed by atoms with Crippen LogP contribution in [0.15, 0.2) is 83.9 Å². The molecule has 0 radical (unpaired) electrons. The number of hydrogen-bond donors (Lipinski definition) is 0. The molecule has 0 spiro atoms. The van der Waals surface area contributed by atoms with Gasteiger partial charge in [0.2, 0.25) is 0 Å². The predicted octanol–water partition coefficient (Wildman–Crippen LogP) is 4.42. The number of rotatable bonds is 6. The standard InChI is InChI=1S/C27H26N2O4S2/c1-19-7-9-20(10-8-19)15-26(30)28-27-29(24-17-35(31,32)18-25(24)34-27)22-11-13-23(14-12-22)33-16-21-5-3-2-4-6-21/h2-14,24-25H,15-18H2,1H3/t24-,25+/m0/s1. The number of ether oxygens (including phenoxy) is 1. The second-order valence-electron chi connectivity index (χ2n) is 8.89. The van der Waals surface area contributed by atoms with E-state index in [1.165, 1.54) is 11.8 Å². The summed E-state index contributed by atoms with van der Waals surface area (Å²) in [6.45, 7) is 2.46. The van der Waals surface area contributed by atoms with Crippen LogP contribution in [0.3, 0.4) is 0 Å². The Balaban J connectivity index is 1.35. The molecular weight excluding hydrogens is 480 g/mol. The highest BCUT2D eigenvalue weighted by Crippen LogP contribution is 2.41. The first-order valence-electron chi connectivity index (χ1n) is 11.5. The number of carbonyl (C=O) groups excluding carboxylic acids is 1. The van der Waals surface area contributed by atoms with E-state index in [1.807, 2.05) is 90.7 Å². The van der Waals surface area contributed by atoms with Gasteiger partial charge in [-0.05, 0) is 42.3 Å². The Morgan fingerprint density at radius 1 is 0.971 bits per heavy atom. The SMILES string of the molecule is Cc1ccc(CC(=O)N=C2S[C@@H]3CS(=O)(=O)C[C@@H]3N2c2ccc(OCc3ccccc3)cc2)cc1. The van der Waals surface area contributed by atoms with Gasteiger partial charge in [0.1, 0.15) is 12.4 Å². The molecule has 2 atom stereocenters. The lowest BCUT2D eigenvalue weighted by molar-refractivity contribution is -0.117. The number of benzene rings is 3. The zero-order chi connectivity index (χ0) is 24.4. The fourth-order valence-electron chi connectivity index (χ4n) is 4.34. The van der Waals surface area contributed by atoms with Gasteiger partial charge in [0, 0.05) is 10.9 Å². The Morgan fingerprint density at radius 2 is 1.69 bits per heavy atom. The summed E-state index contributed by atoms with van der Waals surface area (Å²) >= 11 is 1.38. The lowest BCUT2D eigenvalue weighted by atomic mass is 10.1. The van der Waals surface area contributed by atoms with Crippen LogP contribution in [0.5, 0.6) is 5.75 Å². The number of carbonyl (C=O) groups is 1. The normalized spacial score (nSPS) is 21.7. The van der Waals surface area contributed by atoms with E-state index in [0.29, 0.717) is 17.5 Å². The summed E-state index contributed by atoms with van der Waals surface area (Å²) in [6.07, 6.45) is 0.206. The van der Waals surface area contributed by atoms with Crippen LogP contribution in [0, 0.1) is 6.92 Å². The van der Waals surface area contributed by atoms with Crippen LogP contribution in [-0.2, 0) is 27.7 Å². The van der Waals surface area contributed by atoms with Crippen LogP contribution >= 0.6 is 11.8 Å². The lowest BCUT2D eigenvalue weighted by Gasteiger charge is -2.24. The van der Waals surface area contributed by atoms with Crippen LogP contribution < -0.4 is 9.64 Å². The number of thioether (sulfide) groups is 1. The molecule has 0 N–H and O–H groups in total. The maximum absolute atomic E-state index is 12.8. The third-order valence-electron chi connectivity index (χ3n) is 6.13. The van der Waals surface area contributed by atoms with Crippen LogP contribution in [0.2, 0.25) is 0 Å². The Bertz CT molecular complexity index is 1340. The van der Waals surface area contributed by atoms with Crippen molar-refractivity contribution in [2.45, 2.75) is 31.2 Å². The number of amides is 1. The van der Waals surface area contributed by atoms with Crippen molar-refractivity contribution in [2.75, 3.05) is 16.4 Å². The lowest BCUT2D eigenvalue weighted by Crippen LogP contribution is -2.37. The summed E-state index contributed by atoms with van der Waals surface area (Å²) in [5.41, 5.74) is 3.92. The second kappa shape index (κ2) is 9.87. The molecule has 3 aromatic rings. The first-order valence-corrected chi connectivity index (χ1v) is 14.2. The number of fused-ring (bicyclic) bond motifs is 1. The van der Waals surface area contributed by atoms with Crippen LogP contribution in [0.25, 0.3) is 0 Å². The molecule has 1 amide bonds. The Labute approximate surface area is 209 Å². The number of sulfone groups is 1. The fourth-order valence-corrected chi connectivity index (χ4v) is 8.27. The molecular formula is C27H26N2O4S2. The zero-order valence-electron chi connectivity index (χ0n) is 19.3. The van der Waals surface area contributed by atoms with E-state index in [-0.39, 0.29) is 35.1 Å². The quantitative estimate of drug-likeness (QED) is 0.493. The van der Waals surface area contributed by atoms with Gasteiger partial charge >= 0.3 is 0 Å². The van der Waals surface area contributed by atoms with E-state index in [1.54, 1.807) is 0 Å². The third-order valence-corrected chi connectivity index (χ3v) is 9.34. The summed E-state index contributed by atoms with van der Waals surface area (Å²) in [5.74, 6) is 0.630. The van der Waals surface area contributed by atoms with Gasteiger partial charge < -0.3 is 9.64 Å². The van der Waals surface area contributed by atoms with Gasteiger partial charge in [0.15, 0.2) is 15.0 Å². The molecule has 0 bridgehead atoms. The number of hydrogen-bond acceptors (Lipinski definition) is 5. The number of nitrogens with zero attached hydrogens (tertiary/aromatic N) is 2. The van der Waals surface area contributed by atoms with E-state index < -0.39 is 9.84 Å². The number of amidine groups is 1. The summed E-state index contributed by atoms with van der Waals surface area (Å²) in [5, 5.41) is 0.421. The first-order chi connectivity index (χ1) is 16.9. The molecule has 8 heteroatoms. The monoisotopic (exact) mass is 506 g/mol. The van der Waals surface area contributed by atoms with Crippen molar-refractivity contribution in [3.63, 3.8) is 0 Å². The topological polar surface area (TPSA) is 76.0 Å². The molecule has 5 rings (SSSR count). The van der Waals surface area contributed by atoms with E-state index in [4.69, 9.17) is 4.74 Å². The summed E-state index contributed by atoms with van der Waals surface area (Å²) in [7, 11) is -3.13. The molecule has 35 heavy (non-hydrogen) atoms. The fraction of sp³-hybridized carbons (Fsp3) is 0.259. The van der Waals surface area contributed by atoms with Gasteiger partial charge in [-0.2, -0.15) is 4.99 Å². The minimum Gasteiger partial charge on any atom is -0.489 e. The number of aliphatic imine (C=N–C) groups is 1. The highest BCUT2D eigenvalue weighted by Gasteiger charge is 2.49. The summed E-state index contributed by atoms with van der Waals surface area (Å²) < 4.78 is 30.5. The molecule has 0 unspecified atom stereocenters. The van der Waals surface area contributed by atoms with Crippen LogP contribution in [0.4, 0.5) is 5.69 Å². The first kappa shape index (κ1) is 23.6. The van der Waals surface area contributed by atoms with Gasteiger partial charge in [-0.25, -0.2) is 8.42 Å². The van der Waals surface area contributed by atoms with Crippen molar-refractivity contribution in [2.24, 2.45) is 4.99 Å². The van der Waals surface area contributed by atoms with E-state index in [0.717, 1.165) is 22.4 Å². The molecule has 2 aliphatic rings. The van der Waals surface area contributed by atoms with Crippen LogP contribution in [-0.4, -0.2) is 42.3 Å². The highest BCUT2D eigenvalue weighted by atomic mass is 32.2. The smallest absolute Gasteiger partial charge is 0.252 e. The average molecular weight is 507 g/mol. The molecule has 2 saturated heterocycles. The molecule has 2 fully saturated rings. The zero-order valence-corrected chi connectivity index (χ0v) is 21.0. The molecule has 0 aliphatic carbocycles. The molecule has 180 valence electrons. The predicted molar refractivity (Wildman–Crippen MR) is 141 cm³/mol. The average Bonchev–Trinajstić information content (AvgIpc) is 3.30. The Kier molecular flexibility index (Phi) is 6.67. The second-order valence-corrected chi connectivity index (χ2v) is 12.2. The van der Waals surface area contributed by atoms with E-state index in [2.05, 4.69) is 4.99 Å². The van der Waals surface area contributed by atoms with Crippen molar-refractivity contribution in [1.82, 2.24) is 0 Å². The van der Waals surface area contributed by atoms with Crippen molar-refractivity contribution in [1.29, 1.82) is 0 Å². The molecule has 6 nitrogen and oxygen atoms in total. The van der Waals surface area contributed by atoms with Gasteiger partial charge in [-0.3, -0.25) is 4.79 Å². The van der Waals surface area contributed by atoms with Gasteiger partial charge in [0.05, 0.1) is 24.0 Å². The molecule has 2 aliphatic heterocycles. The number of aryl methyl sites for hydroxylation is 1. The van der Waals surface area contributed by atoms with Crippen molar-refractivity contribution in [3.8, 4) is 5.75 Å². The van der Waals surface area contributed by atoms with Crippen molar-refractivity contribution < 1.29 is 17.9 Å². The Hall–Kier alpha value is -3.10. The van der Waals surface area contributed by atoms with E-state index in [9.17, 15) is 13.2 Å².